The molecule has 132 valence electrons. The number of hydrogen-bond donors (Lipinski definition) is 0. The van der Waals surface area contributed by atoms with Gasteiger partial charge < -0.3 is 8.97 Å². The Balaban J connectivity index is 1.95. The van der Waals surface area contributed by atoms with E-state index in [1.54, 1.807) is 6.26 Å². The smallest absolute Gasteiger partial charge is 0.161 e. The number of fused-ring (bicyclic) bond motifs is 5. The van der Waals surface area contributed by atoms with Crippen LogP contribution in [0, 0.1) is 0 Å². The number of hydrogen-bond acceptors (Lipinski definition) is 2. The van der Waals surface area contributed by atoms with Gasteiger partial charge in [-0.15, -0.1) is 0 Å². The molecule has 0 spiro atoms. The summed E-state index contributed by atoms with van der Waals surface area (Å²) in [5, 5.41) is 4.84. The molecule has 4 heteroatoms. The van der Waals surface area contributed by atoms with Crippen molar-refractivity contribution in [3.63, 3.8) is 0 Å². The van der Waals surface area contributed by atoms with E-state index >= 15 is 0 Å². The summed E-state index contributed by atoms with van der Waals surface area (Å²) in [5.41, 5.74) is 3.41. The molecule has 0 aliphatic rings. The lowest BCUT2D eigenvalue weighted by Gasteiger charge is -2.13. The number of halogens is 1. The molecule has 1 unspecified atom stereocenters. The summed E-state index contributed by atoms with van der Waals surface area (Å²) in [4.78, 5) is 0.727. The van der Waals surface area contributed by atoms with Gasteiger partial charge in [0.1, 0.15) is 17.4 Å². The Morgan fingerprint density at radius 2 is 1.67 bits per heavy atom. The van der Waals surface area contributed by atoms with Crippen molar-refractivity contribution in [1.29, 1.82) is 0 Å². The van der Waals surface area contributed by atoms with Crippen LogP contribution in [0.15, 0.2) is 82.1 Å². The highest BCUT2D eigenvalue weighted by Crippen LogP contribution is 2.43. The second-order valence-corrected chi connectivity index (χ2v) is 8.27. The Hall–Kier alpha value is -2.46. The fourth-order valence-electron chi connectivity index (χ4n) is 3.77. The van der Waals surface area contributed by atoms with Crippen molar-refractivity contribution in [2.24, 2.45) is 0 Å². The zero-order chi connectivity index (χ0) is 18.5. The molecule has 1 atom stereocenters. The van der Waals surface area contributed by atoms with Crippen LogP contribution in [0.5, 0.6) is 0 Å². The average Bonchev–Trinajstić information content (AvgIpc) is 3.07. The number of furan rings is 1. The first-order chi connectivity index (χ1) is 13.1. The summed E-state index contributed by atoms with van der Waals surface area (Å²) in [6, 6.07) is 23.9. The summed E-state index contributed by atoms with van der Waals surface area (Å²) in [6.07, 6.45) is 1.68. The van der Waals surface area contributed by atoms with Crippen LogP contribution >= 0.6 is 11.6 Å². The molecule has 5 rings (SSSR count). The van der Waals surface area contributed by atoms with E-state index in [0.717, 1.165) is 48.7 Å². The van der Waals surface area contributed by atoms with Gasteiger partial charge in [-0.05, 0) is 46.4 Å². The molecule has 0 bridgehead atoms. The number of rotatable bonds is 2. The van der Waals surface area contributed by atoms with Gasteiger partial charge in [-0.3, -0.25) is 0 Å². The predicted molar refractivity (Wildman–Crippen MR) is 114 cm³/mol. The largest absolute Gasteiger partial charge is 0.612 e. The van der Waals surface area contributed by atoms with E-state index < -0.39 is 11.2 Å². The van der Waals surface area contributed by atoms with E-state index in [9.17, 15) is 4.55 Å². The molecular formula is C23H15ClO2S. The van der Waals surface area contributed by atoms with Gasteiger partial charge in [0.25, 0.3) is 0 Å². The standard InChI is InChI=1S/C23H15ClO2S/c1-27(25)20-11-5-9-18(24)22(20)16-8-4-10-19-21(16)17-13-12-14-6-2-3-7-15(14)23(17)26-19/h2-13H,1H3. The monoisotopic (exact) mass is 390 g/mol. The fourth-order valence-corrected chi connectivity index (χ4v) is 4.88. The Morgan fingerprint density at radius 1 is 0.852 bits per heavy atom. The average molecular weight is 391 g/mol. The fraction of sp³-hybridized carbons (Fsp3) is 0.0435. The van der Waals surface area contributed by atoms with Crippen molar-refractivity contribution < 1.29 is 8.97 Å². The minimum absolute atomic E-state index is 0.588. The van der Waals surface area contributed by atoms with Crippen LogP contribution in [0.4, 0.5) is 0 Å². The van der Waals surface area contributed by atoms with E-state index in [1.165, 1.54) is 0 Å². The van der Waals surface area contributed by atoms with Gasteiger partial charge >= 0.3 is 0 Å². The van der Waals surface area contributed by atoms with Gasteiger partial charge in [0.05, 0.1) is 10.6 Å². The highest BCUT2D eigenvalue weighted by atomic mass is 35.5. The van der Waals surface area contributed by atoms with Crippen LogP contribution < -0.4 is 0 Å². The second-order valence-electron chi connectivity index (χ2n) is 6.51. The molecule has 0 radical (unpaired) electrons. The molecule has 5 aromatic rings. The Bertz CT molecular complexity index is 1320. The third-order valence-corrected chi connectivity index (χ3v) is 6.22. The molecule has 0 amide bonds. The van der Waals surface area contributed by atoms with Crippen LogP contribution in [0.3, 0.4) is 0 Å². The normalized spacial score (nSPS) is 12.9. The van der Waals surface area contributed by atoms with Crippen LogP contribution in [0.2, 0.25) is 5.02 Å². The molecule has 2 nitrogen and oxygen atoms in total. The van der Waals surface area contributed by atoms with E-state index in [-0.39, 0.29) is 0 Å². The molecule has 0 N–H and O–H groups in total. The molecule has 0 aliphatic heterocycles. The summed E-state index contributed by atoms with van der Waals surface area (Å²) >= 11 is 5.40. The van der Waals surface area contributed by atoms with Crippen molar-refractivity contribution in [3.05, 3.63) is 77.8 Å². The zero-order valence-electron chi connectivity index (χ0n) is 14.5. The summed E-state index contributed by atoms with van der Waals surface area (Å²) in [5.74, 6) is 0. The van der Waals surface area contributed by atoms with Gasteiger partial charge in [0, 0.05) is 16.2 Å². The topological polar surface area (TPSA) is 36.2 Å². The molecule has 1 heterocycles. The van der Waals surface area contributed by atoms with Gasteiger partial charge in [0.2, 0.25) is 0 Å². The van der Waals surface area contributed by atoms with Crippen LogP contribution in [-0.2, 0) is 11.2 Å². The summed E-state index contributed by atoms with van der Waals surface area (Å²) in [7, 11) is 0. The van der Waals surface area contributed by atoms with Gasteiger partial charge in [-0.25, -0.2) is 0 Å². The van der Waals surface area contributed by atoms with Gasteiger partial charge in [-0.2, -0.15) is 0 Å². The van der Waals surface area contributed by atoms with E-state index in [0.29, 0.717) is 5.02 Å². The third-order valence-electron chi connectivity index (χ3n) is 4.94. The van der Waals surface area contributed by atoms with Gasteiger partial charge in [0.15, 0.2) is 4.90 Å². The highest BCUT2D eigenvalue weighted by Gasteiger charge is 2.21. The van der Waals surface area contributed by atoms with Crippen molar-refractivity contribution in [2.45, 2.75) is 4.90 Å². The van der Waals surface area contributed by atoms with Crippen molar-refractivity contribution in [1.82, 2.24) is 0 Å². The van der Waals surface area contributed by atoms with Crippen LogP contribution in [-0.4, -0.2) is 10.8 Å². The quantitative estimate of drug-likeness (QED) is 0.311. The van der Waals surface area contributed by atoms with Crippen molar-refractivity contribution >= 4 is 55.5 Å². The lowest BCUT2D eigenvalue weighted by Crippen LogP contribution is -2.00. The maximum Gasteiger partial charge on any atom is 0.161 e. The number of benzene rings is 4. The predicted octanol–water partition coefficient (Wildman–Crippen LogP) is 6.80. The van der Waals surface area contributed by atoms with E-state index in [4.69, 9.17) is 16.0 Å². The molecule has 0 saturated heterocycles. The van der Waals surface area contributed by atoms with Crippen LogP contribution in [0.1, 0.15) is 0 Å². The van der Waals surface area contributed by atoms with E-state index in [1.807, 2.05) is 48.5 Å². The maximum absolute atomic E-state index is 12.3. The lowest BCUT2D eigenvalue weighted by atomic mass is 9.98. The maximum atomic E-state index is 12.3. The first-order valence-corrected chi connectivity index (χ1v) is 10.5. The molecule has 0 saturated carbocycles. The Kier molecular flexibility index (Phi) is 3.90. The van der Waals surface area contributed by atoms with E-state index in [2.05, 4.69) is 24.3 Å². The molecule has 4 aromatic carbocycles. The van der Waals surface area contributed by atoms with Gasteiger partial charge in [-0.1, -0.05) is 60.1 Å². The molecule has 0 aliphatic carbocycles. The summed E-state index contributed by atoms with van der Waals surface area (Å²) < 4.78 is 18.6. The summed E-state index contributed by atoms with van der Waals surface area (Å²) in [6.45, 7) is 0. The molecule has 27 heavy (non-hydrogen) atoms. The third kappa shape index (κ3) is 2.54. The molecular weight excluding hydrogens is 376 g/mol. The minimum Gasteiger partial charge on any atom is -0.612 e. The first-order valence-electron chi connectivity index (χ1n) is 8.60. The zero-order valence-corrected chi connectivity index (χ0v) is 16.1. The van der Waals surface area contributed by atoms with Crippen molar-refractivity contribution in [2.75, 3.05) is 6.26 Å². The highest BCUT2D eigenvalue weighted by molar-refractivity contribution is 7.90. The van der Waals surface area contributed by atoms with Crippen LogP contribution in [0.25, 0.3) is 43.8 Å². The minimum atomic E-state index is -1.15. The molecule has 1 aromatic heterocycles. The Morgan fingerprint density at radius 3 is 2.52 bits per heavy atom. The van der Waals surface area contributed by atoms with Crippen molar-refractivity contribution in [3.8, 4) is 11.1 Å². The SMILES string of the molecule is C[S+]([O-])c1cccc(Cl)c1-c1cccc2oc3c4ccccc4ccc3c12. The second kappa shape index (κ2) is 6.31. The Labute approximate surface area is 164 Å². The first kappa shape index (κ1) is 16.7. The lowest BCUT2D eigenvalue weighted by molar-refractivity contribution is 0.601. The molecule has 0 fully saturated rings.